The Hall–Kier alpha value is -3.13. The molecule has 1 saturated heterocycles. The number of rotatable bonds is 4. The van der Waals surface area contributed by atoms with Crippen LogP contribution >= 0.6 is 0 Å². The van der Waals surface area contributed by atoms with Crippen molar-refractivity contribution in [3.05, 3.63) is 52.8 Å². The van der Waals surface area contributed by atoms with E-state index in [1.165, 1.54) is 13.1 Å². The van der Waals surface area contributed by atoms with Gasteiger partial charge in [0.2, 0.25) is 0 Å². The Morgan fingerprint density at radius 2 is 1.97 bits per heavy atom. The molecule has 7 nitrogen and oxygen atoms in total. The van der Waals surface area contributed by atoms with Crippen LogP contribution in [0, 0.1) is 12.7 Å². The molecule has 2 aromatic rings. The molecule has 31 heavy (non-hydrogen) atoms. The molecule has 0 saturated carbocycles. The highest BCUT2D eigenvalue weighted by atomic mass is 19.1. The van der Waals surface area contributed by atoms with Crippen LogP contribution in [0.2, 0.25) is 0 Å². The van der Waals surface area contributed by atoms with Gasteiger partial charge in [0.05, 0.1) is 11.4 Å². The lowest BCUT2D eigenvalue weighted by atomic mass is 10.1. The number of carbonyl (C=O) groups is 2. The van der Waals surface area contributed by atoms with E-state index >= 15 is 0 Å². The summed E-state index contributed by atoms with van der Waals surface area (Å²) in [4.78, 5) is 27.9. The summed E-state index contributed by atoms with van der Waals surface area (Å²) in [5.74, 6) is -0.0880. The summed E-state index contributed by atoms with van der Waals surface area (Å²) >= 11 is 0. The van der Waals surface area contributed by atoms with E-state index in [4.69, 9.17) is 4.74 Å². The smallest absolute Gasteiger partial charge is 0.265 e. The largest absolute Gasteiger partial charge is 0.478 e. The van der Waals surface area contributed by atoms with E-state index in [1.807, 2.05) is 17.9 Å². The fourth-order valence-corrected chi connectivity index (χ4v) is 4.11. The minimum Gasteiger partial charge on any atom is -0.478 e. The van der Waals surface area contributed by atoms with Gasteiger partial charge >= 0.3 is 0 Å². The van der Waals surface area contributed by atoms with Crippen LogP contribution in [-0.4, -0.2) is 56.0 Å². The Balaban J connectivity index is 1.40. The lowest BCUT2D eigenvalue weighted by Crippen LogP contribution is -2.46. The number of nitrogens with one attached hydrogen (secondary N) is 2. The normalized spacial score (nSPS) is 18.8. The molecule has 0 aliphatic carbocycles. The molecule has 2 amide bonds. The molecule has 0 radical (unpaired) electrons. The number of hydrogen-bond donors (Lipinski definition) is 2. The average molecular weight is 426 g/mol. The van der Waals surface area contributed by atoms with Gasteiger partial charge in [-0.25, -0.2) is 4.39 Å². The zero-order valence-corrected chi connectivity index (χ0v) is 18.0. The molecule has 1 atom stereocenters. The number of halogens is 1. The molecule has 4 rings (SSSR count). The number of carbonyl (C=O) groups excluding carboxylic acids is 2. The van der Waals surface area contributed by atoms with Gasteiger partial charge in [-0.1, -0.05) is 6.07 Å². The van der Waals surface area contributed by atoms with Gasteiger partial charge in [-0.05, 0) is 49.2 Å². The molecular weight excluding hydrogens is 399 g/mol. The highest BCUT2D eigenvalue weighted by Gasteiger charge is 2.26. The van der Waals surface area contributed by atoms with Gasteiger partial charge in [0.15, 0.2) is 6.10 Å². The van der Waals surface area contributed by atoms with Gasteiger partial charge in [-0.15, -0.1) is 0 Å². The second-order valence-electron chi connectivity index (χ2n) is 8.05. The molecule has 2 aliphatic rings. The molecule has 8 heteroatoms. The molecule has 2 aromatic carbocycles. The van der Waals surface area contributed by atoms with E-state index in [0.717, 1.165) is 42.2 Å². The number of piperazine rings is 1. The van der Waals surface area contributed by atoms with Gasteiger partial charge in [-0.3, -0.25) is 14.5 Å². The number of nitrogens with zero attached hydrogens (tertiary/aromatic N) is 2. The molecule has 2 heterocycles. The summed E-state index contributed by atoms with van der Waals surface area (Å²) in [5.41, 5.74) is 3.65. The predicted molar refractivity (Wildman–Crippen MR) is 117 cm³/mol. The lowest BCUT2D eigenvalue weighted by molar-refractivity contribution is -0.122. The highest BCUT2D eigenvalue weighted by molar-refractivity contribution is 5.98. The van der Waals surface area contributed by atoms with Crippen LogP contribution in [0.1, 0.15) is 28.4 Å². The summed E-state index contributed by atoms with van der Waals surface area (Å²) in [5, 5.41) is 5.43. The summed E-state index contributed by atoms with van der Waals surface area (Å²) in [6.07, 6.45) is -0.490. The highest BCUT2D eigenvalue weighted by Crippen LogP contribution is 2.34. The standard InChI is InChI=1S/C23H27FN4O3/c1-14-10-16(11-19-21(14)31-15(2)22(29)26-19)13-27-6-8-28(9-7-27)20-5-4-17(12-18(20)24)23(30)25-3/h4-5,10-12,15H,6-9,13H2,1-3H3,(H,25,30)(H,26,29). The third kappa shape index (κ3) is 4.34. The number of ether oxygens (including phenoxy) is 1. The molecule has 0 spiro atoms. The molecule has 2 N–H and O–H groups in total. The van der Waals surface area contributed by atoms with E-state index in [2.05, 4.69) is 21.6 Å². The molecule has 0 aromatic heterocycles. The Kier molecular flexibility index (Phi) is 5.82. The second-order valence-corrected chi connectivity index (χ2v) is 8.05. The van der Waals surface area contributed by atoms with Gasteiger partial charge in [0.1, 0.15) is 11.6 Å². The second kappa shape index (κ2) is 8.55. The van der Waals surface area contributed by atoms with E-state index in [1.54, 1.807) is 19.1 Å². The minimum absolute atomic E-state index is 0.137. The van der Waals surface area contributed by atoms with Crippen molar-refractivity contribution in [1.82, 2.24) is 10.2 Å². The first kappa shape index (κ1) is 21.1. The third-order valence-corrected chi connectivity index (χ3v) is 5.81. The van der Waals surface area contributed by atoms with E-state index in [9.17, 15) is 14.0 Å². The van der Waals surface area contributed by atoms with Crippen molar-refractivity contribution in [1.29, 1.82) is 0 Å². The van der Waals surface area contributed by atoms with Crippen molar-refractivity contribution in [2.24, 2.45) is 0 Å². The van der Waals surface area contributed by atoms with Crippen LogP contribution in [0.5, 0.6) is 5.75 Å². The van der Waals surface area contributed by atoms with Crippen molar-refractivity contribution >= 4 is 23.2 Å². The summed E-state index contributed by atoms with van der Waals surface area (Å²) in [7, 11) is 1.53. The first-order chi connectivity index (χ1) is 14.9. The van der Waals surface area contributed by atoms with Crippen LogP contribution in [0.3, 0.4) is 0 Å². The van der Waals surface area contributed by atoms with Gasteiger partial charge in [0, 0.05) is 45.3 Å². The summed E-state index contributed by atoms with van der Waals surface area (Å²) in [6.45, 7) is 7.41. The fraction of sp³-hybridized carbons (Fsp3) is 0.391. The van der Waals surface area contributed by atoms with Crippen molar-refractivity contribution in [2.45, 2.75) is 26.5 Å². The third-order valence-electron chi connectivity index (χ3n) is 5.81. The van der Waals surface area contributed by atoms with Crippen molar-refractivity contribution in [3.8, 4) is 5.75 Å². The maximum absolute atomic E-state index is 14.6. The van der Waals surface area contributed by atoms with Crippen molar-refractivity contribution in [2.75, 3.05) is 43.4 Å². The van der Waals surface area contributed by atoms with Crippen LogP contribution in [-0.2, 0) is 11.3 Å². The SMILES string of the molecule is CNC(=O)c1ccc(N2CCN(Cc3cc(C)c4c(c3)NC(=O)C(C)O4)CC2)c(F)c1. The first-order valence-electron chi connectivity index (χ1n) is 10.5. The van der Waals surface area contributed by atoms with Crippen LogP contribution < -0.4 is 20.3 Å². The van der Waals surface area contributed by atoms with Crippen molar-refractivity contribution in [3.63, 3.8) is 0 Å². The van der Waals surface area contributed by atoms with Crippen LogP contribution in [0.4, 0.5) is 15.8 Å². The Labute approximate surface area is 181 Å². The number of benzene rings is 2. The Bertz CT molecular complexity index is 1020. The fourth-order valence-electron chi connectivity index (χ4n) is 4.11. The van der Waals surface area contributed by atoms with Crippen molar-refractivity contribution < 1.29 is 18.7 Å². The Morgan fingerprint density at radius 3 is 2.65 bits per heavy atom. The molecule has 0 bridgehead atoms. The van der Waals surface area contributed by atoms with Gasteiger partial charge in [0.25, 0.3) is 11.8 Å². The topological polar surface area (TPSA) is 73.9 Å². The summed E-state index contributed by atoms with van der Waals surface area (Å²) < 4.78 is 20.3. The van der Waals surface area contributed by atoms with E-state index < -0.39 is 6.10 Å². The lowest BCUT2D eigenvalue weighted by Gasteiger charge is -2.36. The number of hydrogen-bond acceptors (Lipinski definition) is 5. The maximum atomic E-state index is 14.6. The number of fused-ring (bicyclic) bond motifs is 1. The average Bonchev–Trinajstić information content (AvgIpc) is 2.75. The number of anilines is 2. The Morgan fingerprint density at radius 1 is 1.23 bits per heavy atom. The van der Waals surface area contributed by atoms with Gasteiger partial charge < -0.3 is 20.3 Å². The van der Waals surface area contributed by atoms with Crippen LogP contribution in [0.15, 0.2) is 30.3 Å². The number of amides is 2. The molecule has 164 valence electrons. The number of aryl methyl sites for hydroxylation is 1. The van der Waals surface area contributed by atoms with E-state index in [0.29, 0.717) is 24.3 Å². The van der Waals surface area contributed by atoms with Gasteiger partial charge in [-0.2, -0.15) is 0 Å². The quantitative estimate of drug-likeness (QED) is 0.786. The van der Waals surface area contributed by atoms with E-state index in [-0.39, 0.29) is 17.6 Å². The zero-order chi connectivity index (χ0) is 22.1. The molecule has 1 fully saturated rings. The monoisotopic (exact) mass is 426 g/mol. The summed E-state index contributed by atoms with van der Waals surface area (Å²) in [6, 6.07) is 8.67. The molecular formula is C23H27FN4O3. The molecule has 1 unspecified atom stereocenters. The maximum Gasteiger partial charge on any atom is 0.265 e. The molecule has 2 aliphatic heterocycles. The minimum atomic E-state index is -0.490. The zero-order valence-electron chi connectivity index (χ0n) is 18.0. The predicted octanol–water partition coefficient (Wildman–Crippen LogP) is 2.54. The first-order valence-corrected chi connectivity index (χ1v) is 10.5. The van der Waals surface area contributed by atoms with Crippen LogP contribution in [0.25, 0.3) is 0 Å².